The number of benzene rings is 1. The number of ether oxygens (including phenoxy) is 1. The van der Waals surface area contributed by atoms with Gasteiger partial charge in [-0.15, -0.1) is 0 Å². The van der Waals surface area contributed by atoms with E-state index in [0.29, 0.717) is 24.3 Å². The number of aromatic hydroxyl groups is 1. The molecule has 0 aromatic heterocycles. The van der Waals surface area contributed by atoms with E-state index in [1.54, 1.807) is 18.2 Å². The molecule has 0 aliphatic rings. The van der Waals surface area contributed by atoms with Crippen LogP contribution in [0.15, 0.2) is 18.2 Å². The van der Waals surface area contributed by atoms with Gasteiger partial charge < -0.3 is 20.7 Å². The number of nitrogens with two attached hydrogens (primary N) is 1. The standard InChI is InChI=1S/C11H17NO3/c1-2-15-10-5-3-4-8(11(10)14)6-9(13)7-12/h3-5,9,13-14H,2,6-7,12H2,1H3. The minimum absolute atomic E-state index is 0.0897. The summed E-state index contributed by atoms with van der Waals surface area (Å²) in [5.74, 6) is 0.533. The SMILES string of the molecule is CCOc1cccc(CC(O)CN)c1O. The van der Waals surface area contributed by atoms with Gasteiger partial charge in [0.25, 0.3) is 0 Å². The van der Waals surface area contributed by atoms with Gasteiger partial charge in [0, 0.05) is 18.5 Å². The molecular formula is C11H17NO3. The lowest BCUT2D eigenvalue weighted by atomic mass is 10.1. The van der Waals surface area contributed by atoms with Gasteiger partial charge in [0.1, 0.15) is 0 Å². The Morgan fingerprint density at radius 1 is 1.47 bits per heavy atom. The van der Waals surface area contributed by atoms with Gasteiger partial charge in [-0.1, -0.05) is 12.1 Å². The van der Waals surface area contributed by atoms with Crippen molar-refractivity contribution in [1.82, 2.24) is 0 Å². The van der Waals surface area contributed by atoms with Crippen LogP contribution in [0.5, 0.6) is 11.5 Å². The molecule has 0 aliphatic heterocycles. The Labute approximate surface area is 89.3 Å². The number of aliphatic hydroxyl groups excluding tert-OH is 1. The Morgan fingerprint density at radius 3 is 2.80 bits per heavy atom. The predicted octanol–water partition coefficient (Wildman–Crippen LogP) is 0.653. The molecule has 0 heterocycles. The fourth-order valence-electron chi connectivity index (χ4n) is 1.34. The summed E-state index contributed by atoms with van der Waals surface area (Å²) in [5.41, 5.74) is 5.96. The fraction of sp³-hybridized carbons (Fsp3) is 0.455. The first kappa shape index (κ1) is 11.8. The summed E-state index contributed by atoms with van der Waals surface area (Å²) in [5, 5.41) is 19.2. The number of hydrogen-bond acceptors (Lipinski definition) is 4. The number of phenolic OH excluding ortho intramolecular Hbond substituents is 1. The van der Waals surface area contributed by atoms with Crippen molar-refractivity contribution in [2.45, 2.75) is 19.4 Å². The quantitative estimate of drug-likeness (QED) is 0.668. The Morgan fingerprint density at radius 2 is 2.20 bits per heavy atom. The summed E-state index contributed by atoms with van der Waals surface area (Å²) in [4.78, 5) is 0. The van der Waals surface area contributed by atoms with E-state index in [9.17, 15) is 10.2 Å². The molecule has 0 spiro atoms. The molecule has 0 radical (unpaired) electrons. The molecule has 1 rings (SSSR count). The van der Waals surface area contributed by atoms with E-state index in [0.717, 1.165) is 0 Å². The molecule has 1 unspecified atom stereocenters. The van der Waals surface area contributed by atoms with Gasteiger partial charge in [-0.25, -0.2) is 0 Å². The maximum absolute atomic E-state index is 9.79. The largest absolute Gasteiger partial charge is 0.504 e. The molecule has 84 valence electrons. The first-order valence-corrected chi connectivity index (χ1v) is 5.00. The number of phenols is 1. The van der Waals surface area contributed by atoms with Crippen LogP contribution in [-0.4, -0.2) is 29.5 Å². The second kappa shape index (κ2) is 5.58. The first-order chi connectivity index (χ1) is 7.19. The average Bonchev–Trinajstić information content (AvgIpc) is 2.24. The van der Waals surface area contributed by atoms with Gasteiger partial charge in [-0.3, -0.25) is 0 Å². The van der Waals surface area contributed by atoms with Crippen molar-refractivity contribution in [3.8, 4) is 11.5 Å². The van der Waals surface area contributed by atoms with Crippen LogP contribution >= 0.6 is 0 Å². The van der Waals surface area contributed by atoms with Gasteiger partial charge in [0.2, 0.25) is 0 Å². The molecule has 4 nitrogen and oxygen atoms in total. The van der Waals surface area contributed by atoms with Crippen LogP contribution in [0, 0.1) is 0 Å². The van der Waals surface area contributed by atoms with E-state index in [4.69, 9.17) is 10.5 Å². The zero-order valence-corrected chi connectivity index (χ0v) is 8.81. The van der Waals surface area contributed by atoms with Crippen LogP contribution in [-0.2, 0) is 6.42 Å². The molecule has 0 aliphatic carbocycles. The first-order valence-electron chi connectivity index (χ1n) is 5.00. The number of para-hydroxylation sites is 1. The maximum Gasteiger partial charge on any atom is 0.161 e. The van der Waals surface area contributed by atoms with E-state index >= 15 is 0 Å². The Balaban J connectivity index is 2.84. The molecule has 0 saturated carbocycles. The summed E-state index contributed by atoms with van der Waals surface area (Å²) in [6.45, 7) is 2.52. The highest BCUT2D eigenvalue weighted by atomic mass is 16.5. The summed E-state index contributed by atoms with van der Waals surface area (Å²) < 4.78 is 5.23. The minimum atomic E-state index is -0.632. The highest BCUT2D eigenvalue weighted by Crippen LogP contribution is 2.30. The van der Waals surface area contributed by atoms with Crippen LogP contribution < -0.4 is 10.5 Å². The molecular weight excluding hydrogens is 194 g/mol. The molecule has 1 aromatic rings. The minimum Gasteiger partial charge on any atom is -0.504 e. The summed E-state index contributed by atoms with van der Waals surface area (Å²) >= 11 is 0. The molecule has 15 heavy (non-hydrogen) atoms. The molecule has 0 bridgehead atoms. The lowest BCUT2D eigenvalue weighted by Crippen LogP contribution is -2.22. The van der Waals surface area contributed by atoms with Gasteiger partial charge in [-0.05, 0) is 13.0 Å². The van der Waals surface area contributed by atoms with Crippen molar-refractivity contribution in [3.05, 3.63) is 23.8 Å². The number of hydrogen-bond donors (Lipinski definition) is 3. The number of rotatable bonds is 5. The van der Waals surface area contributed by atoms with Gasteiger partial charge >= 0.3 is 0 Å². The second-order valence-electron chi connectivity index (χ2n) is 3.29. The highest BCUT2D eigenvalue weighted by molar-refractivity contribution is 5.45. The maximum atomic E-state index is 9.79. The van der Waals surface area contributed by atoms with E-state index in [-0.39, 0.29) is 12.3 Å². The van der Waals surface area contributed by atoms with Crippen molar-refractivity contribution in [2.75, 3.05) is 13.2 Å². The average molecular weight is 211 g/mol. The van der Waals surface area contributed by atoms with E-state index in [1.165, 1.54) is 0 Å². The number of aliphatic hydroxyl groups is 1. The molecule has 0 amide bonds. The lowest BCUT2D eigenvalue weighted by molar-refractivity contribution is 0.182. The van der Waals surface area contributed by atoms with Crippen molar-refractivity contribution in [3.63, 3.8) is 0 Å². The highest BCUT2D eigenvalue weighted by Gasteiger charge is 2.11. The third-order valence-corrected chi connectivity index (χ3v) is 2.11. The van der Waals surface area contributed by atoms with Crippen molar-refractivity contribution in [1.29, 1.82) is 0 Å². The van der Waals surface area contributed by atoms with Crippen molar-refractivity contribution >= 4 is 0 Å². The Bertz CT molecular complexity index is 315. The molecule has 4 N–H and O–H groups in total. The topological polar surface area (TPSA) is 75.7 Å². The molecule has 1 atom stereocenters. The zero-order chi connectivity index (χ0) is 11.3. The van der Waals surface area contributed by atoms with Gasteiger partial charge in [0.05, 0.1) is 12.7 Å². The fourth-order valence-corrected chi connectivity index (χ4v) is 1.34. The smallest absolute Gasteiger partial charge is 0.161 e. The van der Waals surface area contributed by atoms with Crippen molar-refractivity contribution in [2.24, 2.45) is 5.73 Å². The lowest BCUT2D eigenvalue weighted by Gasteiger charge is -2.12. The van der Waals surface area contributed by atoms with Crippen LogP contribution in [0.1, 0.15) is 12.5 Å². The third-order valence-electron chi connectivity index (χ3n) is 2.11. The Kier molecular flexibility index (Phi) is 4.39. The predicted molar refractivity (Wildman–Crippen MR) is 58.0 cm³/mol. The third kappa shape index (κ3) is 3.11. The molecule has 1 aromatic carbocycles. The van der Waals surface area contributed by atoms with Crippen molar-refractivity contribution < 1.29 is 14.9 Å². The molecule has 4 heteroatoms. The summed E-state index contributed by atoms with van der Waals surface area (Å²) in [7, 11) is 0. The summed E-state index contributed by atoms with van der Waals surface area (Å²) in [6.07, 6.45) is -0.295. The molecule has 0 fully saturated rings. The van der Waals surface area contributed by atoms with Crippen LogP contribution in [0.2, 0.25) is 0 Å². The van der Waals surface area contributed by atoms with E-state index < -0.39 is 6.10 Å². The van der Waals surface area contributed by atoms with Crippen LogP contribution in [0.4, 0.5) is 0 Å². The van der Waals surface area contributed by atoms with E-state index in [1.807, 2.05) is 6.92 Å². The van der Waals surface area contributed by atoms with Crippen LogP contribution in [0.3, 0.4) is 0 Å². The van der Waals surface area contributed by atoms with Gasteiger partial charge in [0.15, 0.2) is 11.5 Å². The molecule has 0 saturated heterocycles. The van der Waals surface area contributed by atoms with Crippen LogP contribution in [0.25, 0.3) is 0 Å². The summed E-state index contributed by atoms with van der Waals surface area (Å²) in [6, 6.07) is 5.22. The zero-order valence-electron chi connectivity index (χ0n) is 8.81. The Hall–Kier alpha value is -1.26. The van der Waals surface area contributed by atoms with E-state index in [2.05, 4.69) is 0 Å². The normalized spacial score (nSPS) is 12.5. The monoisotopic (exact) mass is 211 g/mol. The second-order valence-corrected chi connectivity index (χ2v) is 3.29. The van der Waals surface area contributed by atoms with Gasteiger partial charge in [-0.2, -0.15) is 0 Å².